The van der Waals surface area contributed by atoms with Gasteiger partial charge in [-0.05, 0) is 43.5 Å². The van der Waals surface area contributed by atoms with Crippen LogP contribution in [0.15, 0.2) is 48.6 Å². The molecule has 9 nitrogen and oxygen atoms in total. The van der Waals surface area contributed by atoms with Gasteiger partial charge in [0.15, 0.2) is 0 Å². The van der Waals surface area contributed by atoms with Crippen molar-refractivity contribution in [1.29, 1.82) is 0 Å². The summed E-state index contributed by atoms with van der Waals surface area (Å²) in [6.45, 7) is 4.04. The molecule has 0 aliphatic carbocycles. The minimum Gasteiger partial charge on any atom is -0.507 e. The van der Waals surface area contributed by atoms with Crippen molar-refractivity contribution >= 4 is 23.4 Å². The fourth-order valence-corrected chi connectivity index (χ4v) is 4.49. The Kier molecular flexibility index (Phi) is 6.54. The number of carbonyl (C=O) groups excluding carboxylic acids is 3. The number of carbonyl (C=O) groups is 3. The number of Topliss-reactive ketones (excluding diaryl/α,β-unsaturated/α-hetero) is 1. The number of H-pyrrole nitrogens is 1. The Hall–Kier alpha value is -4.21. The number of aromatic nitrogens is 3. The SMILES string of the molecule is COC(=O)c1[nH]c(C)c(/C(O)=C2/C(=O)C(=O)N(CCCn3ccnc3)C2c2ccc(F)cc2)c1C. The number of aliphatic hydroxyl groups is 1. The molecule has 4 rings (SSSR count). The maximum atomic E-state index is 13.7. The average Bonchev–Trinajstić information content (AvgIpc) is 3.52. The molecule has 2 aromatic heterocycles. The van der Waals surface area contributed by atoms with Gasteiger partial charge in [-0.15, -0.1) is 0 Å². The van der Waals surface area contributed by atoms with Crippen LogP contribution in [0.2, 0.25) is 0 Å². The lowest BCUT2D eigenvalue weighted by molar-refractivity contribution is -0.139. The van der Waals surface area contributed by atoms with Gasteiger partial charge in [0, 0.05) is 36.7 Å². The molecule has 3 heterocycles. The number of halogens is 1. The van der Waals surface area contributed by atoms with Crippen LogP contribution >= 0.6 is 0 Å². The number of hydrogen-bond donors (Lipinski definition) is 2. The van der Waals surface area contributed by atoms with Gasteiger partial charge in [0.1, 0.15) is 17.3 Å². The number of methoxy groups -OCH3 is 1. The van der Waals surface area contributed by atoms with Crippen LogP contribution < -0.4 is 0 Å². The second-order valence-electron chi connectivity index (χ2n) is 8.31. The Morgan fingerprint density at radius 2 is 1.91 bits per heavy atom. The van der Waals surface area contributed by atoms with E-state index in [1.807, 2.05) is 4.57 Å². The van der Waals surface area contributed by atoms with E-state index >= 15 is 0 Å². The van der Waals surface area contributed by atoms with E-state index < -0.39 is 35.3 Å². The molecular formula is C25H25FN4O5. The van der Waals surface area contributed by atoms with Crippen molar-refractivity contribution in [3.05, 3.63) is 82.5 Å². The third-order valence-electron chi connectivity index (χ3n) is 6.16. The molecule has 35 heavy (non-hydrogen) atoms. The molecule has 2 N–H and O–H groups in total. The molecule has 0 radical (unpaired) electrons. The van der Waals surface area contributed by atoms with Gasteiger partial charge in [-0.1, -0.05) is 12.1 Å². The van der Waals surface area contributed by atoms with Gasteiger partial charge >= 0.3 is 5.97 Å². The number of likely N-dealkylation sites (tertiary alicyclic amines) is 1. The zero-order chi connectivity index (χ0) is 25.3. The van der Waals surface area contributed by atoms with E-state index in [0.717, 1.165) is 0 Å². The molecule has 1 amide bonds. The first-order valence-corrected chi connectivity index (χ1v) is 11.0. The predicted molar refractivity (Wildman–Crippen MR) is 124 cm³/mol. The minimum atomic E-state index is -0.923. The van der Waals surface area contributed by atoms with Crippen LogP contribution in [-0.4, -0.2) is 55.9 Å². The van der Waals surface area contributed by atoms with Gasteiger partial charge in [0.2, 0.25) is 0 Å². The molecule has 1 fully saturated rings. The molecule has 1 unspecified atom stereocenters. The van der Waals surface area contributed by atoms with Crippen molar-refractivity contribution in [2.45, 2.75) is 32.9 Å². The van der Waals surface area contributed by atoms with Crippen molar-refractivity contribution in [3.8, 4) is 0 Å². The van der Waals surface area contributed by atoms with E-state index in [1.165, 1.54) is 36.3 Å². The maximum absolute atomic E-state index is 13.7. The number of aromatic amines is 1. The van der Waals surface area contributed by atoms with Gasteiger partial charge in [-0.25, -0.2) is 14.2 Å². The Morgan fingerprint density at radius 3 is 2.54 bits per heavy atom. The first kappa shape index (κ1) is 23.9. The molecule has 1 aliphatic heterocycles. The standard InChI is InChI=1S/C25H25FN4O5/c1-14-18(15(2)28-20(14)25(34)35-3)22(31)19-21(16-5-7-17(26)8-6-16)30(24(33)23(19)32)11-4-10-29-12-9-27-13-29/h5-9,12-13,21,28,31H,4,10-11H2,1-3H3/b22-19-. The minimum absolute atomic E-state index is 0.120. The fourth-order valence-electron chi connectivity index (χ4n) is 4.49. The number of ether oxygens (including phenoxy) is 1. The van der Waals surface area contributed by atoms with Crippen molar-refractivity contribution in [3.63, 3.8) is 0 Å². The number of imidazole rings is 1. The number of benzene rings is 1. The lowest BCUT2D eigenvalue weighted by Gasteiger charge is -2.25. The van der Waals surface area contributed by atoms with Crippen molar-refractivity contribution in [2.24, 2.45) is 0 Å². The third kappa shape index (κ3) is 4.34. The monoisotopic (exact) mass is 480 g/mol. The van der Waals surface area contributed by atoms with Gasteiger partial charge in [-0.2, -0.15) is 0 Å². The van der Waals surface area contributed by atoms with Crippen LogP contribution in [0.4, 0.5) is 4.39 Å². The molecule has 1 saturated heterocycles. The maximum Gasteiger partial charge on any atom is 0.354 e. The molecule has 1 aliphatic rings. The highest BCUT2D eigenvalue weighted by Gasteiger charge is 2.46. The molecule has 182 valence electrons. The first-order valence-electron chi connectivity index (χ1n) is 11.0. The van der Waals surface area contributed by atoms with E-state index in [-0.39, 0.29) is 23.4 Å². The zero-order valence-corrected chi connectivity index (χ0v) is 19.5. The number of aryl methyl sites for hydroxylation is 2. The lowest BCUT2D eigenvalue weighted by Crippen LogP contribution is -2.31. The average molecular weight is 480 g/mol. The molecule has 0 saturated carbocycles. The largest absolute Gasteiger partial charge is 0.507 e. The third-order valence-corrected chi connectivity index (χ3v) is 6.16. The summed E-state index contributed by atoms with van der Waals surface area (Å²) in [4.78, 5) is 46.7. The topological polar surface area (TPSA) is 118 Å². The smallest absolute Gasteiger partial charge is 0.354 e. The highest BCUT2D eigenvalue weighted by molar-refractivity contribution is 6.46. The number of ketones is 1. The lowest BCUT2D eigenvalue weighted by atomic mass is 9.94. The van der Waals surface area contributed by atoms with Crippen LogP contribution in [0.25, 0.3) is 5.76 Å². The number of amides is 1. The van der Waals surface area contributed by atoms with E-state index in [0.29, 0.717) is 29.8 Å². The molecule has 1 atom stereocenters. The van der Waals surface area contributed by atoms with Gasteiger partial charge in [0.05, 0.1) is 25.1 Å². The van der Waals surface area contributed by atoms with E-state index in [9.17, 15) is 23.9 Å². The molecule has 0 spiro atoms. The van der Waals surface area contributed by atoms with E-state index in [1.54, 1.807) is 32.6 Å². The van der Waals surface area contributed by atoms with E-state index in [2.05, 4.69) is 9.97 Å². The molecular weight excluding hydrogens is 455 g/mol. The highest BCUT2D eigenvalue weighted by Crippen LogP contribution is 2.41. The number of aliphatic hydroxyl groups excluding tert-OH is 1. The predicted octanol–water partition coefficient (Wildman–Crippen LogP) is 3.27. The highest BCUT2D eigenvalue weighted by atomic mass is 19.1. The quantitative estimate of drug-likeness (QED) is 0.232. The molecule has 1 aromatic carbocycles. The summed E-state index contributed by atoms with van der Waals surface area (Å²) in [7, 11) is 1.24. The van der Waals surface area contributed by atoms with Crippen LogP contribution in [-0.2, 0) is 20.9 Å². The zero-order valence-electron chi connectivity index (χ0n) is 19.5. The Balaban J connectivity index is 1.79. The Labute approximate surface area is 200 Å². The second kappa shape index (κ2) is 9.57. The van der Waals surface area contributed by atoms with Crippen LogP contribution in [0.5, 0.6) is 0 Å². The molecule has 3 aromatic rings. The fraction of sp³-hybridized carbons (Fsp3) is 0.280. The van der Waals surface area contributed by atoms with Gasteiger partial charge < -0.3 is 24.3 Å². The summed E-state index contributed by atoms with van der Waals surface area (Å²) >= 11 is 0. The number of esters is 1. The first-order chi connectivity index (χ1) is 16.7. The Morgan fingerprint density at radius 1 is 1.20 bits per heavy atom. The summed E-state index contributed by atoms with van der Waals surface area (Å²) in [5, 5.41) is 11.3. The number of hydrogen-bond acceptors (Lipinski definition) is 6. The van der Waals surface area contributed by atoms with Crippen molar-refractivity contribution in [2.75, 3.05) is 13.7 Å². The number of rotatable bonds is 7. The van der Waals surface area contributed by atoms with E-state index in [4.69, 9.17) is 4.74 Å². The summed E-state index contributed by atoms with van der Waals surface area (Å²) in [5.74, 6) is -3.11. The van der Waals surface area contributed by atoms with Crippen LogP contribution in [0.1, 0.15) is 45.3 Å². The number of nitrogens with one attached hydrogen (secondary N) is 1. The molecule has 0 bridgehead atoms. The second-order valence-corrected chi connectivity index (χ2v) is 8.31. The van der Waals surface area contributed by atoms with Crippen molar-refractivity contribution in [1.82, 2.24) is 19.4 Å². The van der Waals surface area contributed by atoms with Crippen LogP contribution in [0.3, 0.4) is 0 Å². The van der Waals surface area contributed by atoms with Gasteiger partial charge in [-0.3, -0.25) is 9.59 Å². The normalized spacial score (nSPS) is 17.3. The summed E-state index contributed by atoms with van der Waals surface area (Å²) in [6, 6.07) is 4.53. The van der Waals surface area contributed by atoms with Gasteiger partial charge in [0.25, 0.3) is 11.7 Å². The summed E-state index contributed by atoms with van der Waals surface area (Å²) < 4.78 is 20.3. The number of nitrogens with zero attached hydrogens (tertiary/aromatic N) is 3. The van der Waals surface area contributed by atoms with Crippen molar-refractivity contribution < 1.29 is 28.6 Å². The summed E-state index contributed by atoms with van der Waals surface area (Å²) in [6.07, 6.45) is 5.62. The van der Waals surface area contributed by atoms with Crippen LogP contribution in [0, 0.1) is 19.7 Å². The Bertz CT molecular complexity index is 1310. The molecule has 10 heteroatoms. The summed E-state index contributed by atoms with van der Waals surface area (Å²) in [5.41, 5.74) is 1.56.